The summed E-state index contributed by atoms with van der Waals surface area (Å²) in [4.78, 5) is 13.7. The number of carbonyl (C=O) groups excluding carboxylic acids is 1. The molecule has 1 fully saturated rings. The Morgan fingerprint density at radius 3 is 2.50 bits per heavy atom. The molecule has 2 aromatic carbocycles. The van der Waals surface area contributed by atoms with Crippen LogP contribution in [0.5, 0.6) is 0 Å². The summed E-state index contributed by atoms with van der Waals surface area (Å²) in [5.74, 6) is 1.44. The maximum Gasteiger partial charge on any atom is 0.317 e. The van der Waals surface area contributed by atoms with Gasteiger partial charge in [0.15, 0.2) is 0 Å². The van der Waals surface area contributed by atoms with Crippen molar-refractivity contribution in [3.63, 3.8) is 0 Å². The van der Waals surface area contributed by atoms with Crippen molar-refractivity contribution in [2.45, 2.75) is 38.0 Å². The van der Waals surface area contributed by atoms with Gasteiger partial charge in [-0.3, -0.25) is 5.32 Å². The number of nitrogens with one attached hydrogen (secondary N) is 1. The Kier molecular flexibility index (Phi) is 8.33. The van der Waals surface area contributed by atoms with E-state index in [4.69, 9.17) is 10.5 Å². The van der Waals surface area contributed by atoms with E-state index >= 15 is 0 Å². The number of hydrogen-bond donors (Lipinski definition) is 2. The second kappa shape index (κ2) is 11.8. The first-order valence-electron chi connectivity index (χ1n) is 12.1. The van der Waals surface area contributed by atoms with Crippen LogP contribution in [0, 0.1) is 0 Å². The van der Waals surface area contributed by atoms with E-state index in [1.807, 2.05) is 30.3 Å². The zero-order valence-corrected chi connectivity index (χ0v) is 20.0. The third kappa shape index (κ3) is 6.04. The van der Waals surface area contributed by atoms with Gasteiger partial charge < -0.3 is 15.4 Å². The van der Waals surface area contributed by atoms with E-state index in [-0.39, 0.29) is 0 Å². The summed E-state index contributed by atoms with van der Waals surface area (Å²) >= 11 is 0. The highest BCUT2D eigenvalue weighted by Crippen LogP contribution is 2.30. The van der Waals surface area contributed by atoms with E-state index in [9.17, 15) is 4.79 Å². The van der Waals surface area contributed by atoms with Crippen LogP contribution < -0.4 is 11.1 Å². The molecule has 0 bridgehead atoms. The number of ether oxygens (including phenoxy) is 1. The molecule has 2 amide bonds. The molecule has 0 spiro atoms. The lowest BCUT2D eigenvalue weighted by atomic mass is 9.97. The molecule has 3 N–H and O–H groups in total. The average molecular weight is 462 g/mol. The lowest BCUT2D eigenvalue weighted by Crippen LogP contribution is -2.24. The Balaban J connectivity index is 0.000000166. The number of likely N-dealkylation sites (tertiary alicyclic amines) is 1. The second-order valence-corrected chi connectivity index (χ2v) is 8.91. The number of amides is 2. The van der Waals surface area contributed by atoms with Gasteiger partial charge in [0.2, 0.25) is 0 Å². The lowest BCUT2D eigenvalue weighted by Gasteiger charge is -2.15. The van der Waals surface area contributed by atoms with Gasteiger partial charge in [-0.15, -0.1) is 0 Å². The monoisotopic (exact) mass is 461 g/mol. The number of aromatic nitrogens is 2. The third-order valence-electron chi connectivity index (χ3n) is 6.55. The summed E-state index contributed by atoms with van der Waals surface area (Å²) in [6, 6.07) is 20.1. The van der Waals surface area contributed by atoms with Gasteiger partial charge in [0.1, 0.15) is 5.82 Å². The number of carbonyl (C=O) groups is 1. The highest BCUT2D eigenvalue weighted by Gasteiger charge is 2.23. The molecule has 1 saturated heterocycles. The highest BCUT2D eigenvalue weighted by atomic mass is 16.5. The summed E-state index contributed by atoms with van der Waals surface area (Å²) in [7, 11) is 1.77. The van der Waals surface area contributed by atoms with Crippen LogP contribution in [0.2, 0.25) is 0 Å². The third-order valence-corrected chi connectivity index (χ3v) is 6.55. The molecule has 2 aliphatic rings. The van der Waals surface area contributed by atoms with Gasteiger partial charge in [-0.25, -0.2) is 9.48 Å². The van der Waals surface area contributed by atoms with Crippen molar-refractivity contribution in [1.82, 2.24) is 14.7 Å². The van der Waals surface area contributed by atoms with E-state index in [0.717, 1.165) is 61.7 Å². The fraction of sp³-hybridized carbons (Fsp3) is 0.407. The largest absolute Gasteiger partial charge is 0.383 e. The van der Waals surface area contributed by atoms with E-state index < -0.39 is 6.03 Å². The van der Waals surface area contributed by atoms with E-state index in [2.05, 4.69) is 45.6 Å². The zero-order chi connectivity index (χ0) is 23.8. The van der Waals surface area contributed by atoms with Crippen molar-refractivity contribution in [3.8, 4) is 5.69 Å². The van der Waals surface area contributed by atoms with Gasteiger partial charge in [0, 0.05) is 25.8 Å². The zero-order valence-electron chi connectivity index (χ0n) is 20.0. The molecule has 5 rings (SSSR count). The number of para-hydroxylation sites is 1. The van der Waals surface area contributed by atoms with E-state index in [0.29, 0.717) is 5.82 Å². The van der Waals surface area contributed by atoms with Crippen LogP contribution in [-0.4, -0.2) is 54.1 Å². The molecule has 180 valence electrons. The van der Waals surface area contributed by atoms with Crippen molar-refractivity contribution >= 4 is 11.8 Å². The molecule has 2 heterocycles. The fourth-order valence-corrected chi connectivity index (χ4v) is 4.81. The van der Waals surface area contributed by atoms with Crippen LogP contribution in [-0.2, 0) is 17.6 Å². The summed E-state index contributed by atoms with van der Waals surface area (Å²) in [5, 5.41) is 7.34. The minimum atomic E-state index is -0.551. The first-order chi connectivity index (χ1) is 16.7. The Labute approximate surface area is 201 Å². The van der Waals surface area contributed by atoms with Crippen molar-refractivity contribution < 1.29 is 9.53 Å². The van der Waals surface area contributed by atoms with Crippen LogP contribution in [0.15, 0.2) is 60.7 Å². The number of fused-ring (bicyclic) bond motifs is 1. The highest BCUT2D eigenvalue weighted by molar-refractivity contribution is 5.88. The maximum atomic E-state index is 11.2. The number of rotatable bonds is 6. The first-order valence-corrected chi connectivity index (χ1v) is 12.1. The summed E-state index contributed by atoms with van der Waals surface area (Å²) in [6.07, 6.45) is 5.46. The second-order valence-electron chi connectivity index (χ2n) is 8.91. The fourth-order valence-electron chi connectivity index (χ4n) is 4.81. The number of hydrogen-bond acceptors (Lipinski definition) is 4. The van der Waals surface area contributed by atoms with Crippen LogP contribution >= 0.6 is 0 Å². The standard InChI is InChI=1S/C14H16N4O.C13H19NO/c15-14(19)16-13-11-8-4-5-9-12(11)17-18(13)10-6-2-1-3-7-10;1-15-10-9-14-8-7-13(11-14)12-5-3-2-4-6-12/h1-3,6-7H,4-5,8-9H2,(H3,15,16,19);2-6,13H,7-11H2,1H3. The van der Waals surface area contributed by atoms with Crippen LogP contribution in [0.3, 0.4) is 0 Å². The Hall–Kier alpha value is -3.16. The van der Waals surface area contributed by atoms with E-state index in [1.54, 1.807) is 11.8 Å². The van der Waals surface area contributed by atoms with Crippen LogP contribution in [0.1, 0.15) is 42.0 Å². The smallest absolute Gasteiger partial charge is 0.317 e. The lowest BCUT2D eigenvalue weighted by molar-refractivity contribution is 0.160. The Morgan fingerprint density at radius 1 is 1.09 bits per heavy atom. The number of nitrogens with two attached hydrogens (primary N) is 1. The molecule has 1 unspecified atom stereocenters. The minimum Gasteiger partial charge on any atom is -0.383 e. The molecule has 7 heteroatoms. The molecule has 1 aliphatic heterocycles. The molecule has 1 aromatic heterocycles. The van der Waals surface area contributed by atoms with E-state index in [1.165, 1.54) is 25.1 Å². The van der Waals surface area contributed by atoms with Gasteiger partial charge in [0.05, 0.1) is 18.0 Å². The van der Waals surface area contributed by atoms with Gasteiger partial charge >= 0.3 is 6.03 Å². The normalized spacial score (nSPS) is 17.5. The molecule has 7 nitrogen and oxygen atoms in total. The molecule has 34 heavy (non-hydrogen) atoms. The number of anilines is 1. The first kappa shape index (κ1) is 24.0. The molecule has 3 aromatic rings. The maximum absolute atomic E-state index is 11.2. The van der Waals surface area contributed by atoms with Crippen molar-refractivity contribution in [2.24, 2.45) is 5.73 Å². The Morgan fingerprint density at radius 2 is 1.79 bits per heavy atom. The predicted molar refractivity (Wildman–Crippen MR) is 136 cm³/mol. The van der Waals surface area contributed by atoms with Gasteiger partial charge in [-0.2, -0.15) is 5.10 Å². The van der Waals surface area contributed by atoms with Crippen LogP contribution in [0.4, 0.5) is 10.6 Å². The van der Waals surface area contributed by atoms with Crippen molar-refractivity contribution in [3.05, 3.63) is 77.5 Å². The average Bonchev–Trinajstić information content (AvgIpc) is 3.49. The molecule has 0 radical (unpaired) electrons. The number of benzene rings is 2. The number of methoxy groups -OCH3 is 1. The minimum absolute atomic E-state index is 0.551. The summed E-state index contributed by atoms with van der Waals surface area (Å²) in [6.45, 7) is 4.32. The van der Waals surface area contributed by atoms with Crippen molar-refractivity contribution in [1.29, 1.82) is 0 Å². The number of nitrogens with zero attached hydrogens (tertiary/aromatic N) is 3. The number of primary amides is 1. The molecule has 1 aliphatic carbocycles. The topological polar surface area (TPSA) is 85.4 Å². The molecular formula is C27H35N5O2. The summed E-state index contributed by atoms with van der Waals surface area (Å²) < 4.78 is 6.88. The van der Waals surface area contributed by atoms with Gasteiger partial charge in [0.25, 0.3) is 0 Å². The summed E-state index contributed by atoms with van der Waals surface area (Å²) in [5.41, 5.74) is 9.88. The predicted octanol–water partition coefficient (Wildman–Crippen LogP) is 4.36. The molecule has 1 atom stereocenters. The van der Waals surface area contributed by atoms with Gasteiger partial charge in [-0.1, -0.05) is 48.5 Å². The number of urea groups is 1. The van der Waals surface area contributed by atoms with Crippen molar-refractivity contribution in [2.75, 3.05) is 38.7 Å². The number of aryl methyl sites for hydroxylation is 1. The molecular weight excluding hydrogens is 426 g/mol. The SMILES string of the molecule is COCCN1CCC(c2ccccc2)C1.NC(=O)Nc1c2c(nn1-c1ccccc1)CCCC2. The Bertz CT molecular complexity index is 1050. The molecule has 0 saturated carbocycles. The quantitative estimate of drug-likeness (QED) is 0.571. The van der Waals surface area contributed by atoms with Gasteiger partial charge in [-0.05, 0) is 62.3 Å². The van der Waals surface area contributed by atoms with Crippen LogP contribution in [0.25, 0.3) is 5.69 Å².